The maximum Gasteiger partial charge on any atom is 0.355 e. The molecular formula is C48H47NO9. The van der Waals surface area contributed by atoms with E-state index in [1.54, 1.807) is 0 Å². The molecule has 0 amide bonds. The van der Waals surface area contributed by atoms with Crippen molar-refractivity contribution in [2.75, 3.05) is 20.8 Å². The molecular weight excluding hydrogens is 735 g/mol. The summed E-state index contributed by atoms with van der Waals surface area (Å²) in [5.41, 5.74) is 5.33. The van der Waals surface area contributed by atoms with Gasteiger partial charge in [0.05, 0.1) is 47.3 Å². The van der Waals surface area contributed by atoms with E-state index in [4.69, 9.17) is 33.2 Å². The molecule has 58 heavy (non-hydrogen) atoms. The van der Waals surface area contributed by atoms with Gasteiger partial charge < -0.3 is 38.1 Å². The van der Waals surface area contributed by atoms with Crippen molar-refractivity contribution in [2.24, 2.45) is 0 Å². The molecule has 1 aromatic heterocycles. The zero-order valence-electron chi connectivity index (χ0n) is 32.5. The second-order valence-corrected chi connectivity index (χ2v) is 13.9. The molecule has 0 spiro atoms. The lowest BCUT2D eigenvalue weighted by molar-refractivity contribution is -0.275. The summed E-state index contributed by atoms with van der Waals surface area (Å²) in [6.45, 7) is 1.08. The fraction of sp³-hybridized carbons (Fsp3) is 0.250. The molecule has 1 N–H and O–H groups in total. The van der Waals surface area contributed by atoms with Crippen LogP contribution in [0, 0.1) is 0 Å². The minimum atomic E-state index is -1.02. The van der Waals surface area contributed by atoms with E-state index in [2.05, 4.69) is 4.98 Å². The summed E-state index contributed by atoms with van der Waals surface area (Å²) in [5.74, 6) is -1.37. The van der Waals surface area contributed by atoms with E-state index in [1.807, 2.05) is 152 Å². The number of H-pyrrole nitrogens is 1. The third kappa shape index (κ3) is 9.79. The summed E-state index contributed by atoms with van der Waals surface area (Å²) in [6, 6.07) is 48.7. The highest BCUT2D eigenvalue weighted by Crippen LogP contribution is 2.45. The Balaban J connectivity index is 1.39. The van der Waals surface area contributed by atoms with Gasteiger partial charge in [-0.05, 0) is 27.8 Å². The number of hydrogen-bond donors (Lipinski definition) is 1. The van der Waals surface area contributed by atoms with Crippen LogP contribution in [0.15, 0.2) is 152 Å². The van der Waals surface area contributed by atoms with Gasteiger partial charge in [0.2, 0.25) is 0 Å². The lowest BCUT2D eigenvalue weighted by Crippen LogP contribution is -2.58. The Morgan fingerprint density at radius 1 is 0.517 bits per heavy atom. The van der Waals surface area contributed by atoms with Crippen molar-refractivity contribution in [2.45, 2.75) is 56.9 Å². The molecule has 1 saturated heterocycles. The average Bonchev–Trinajstić information content (AvgIpc) is 3.69. The Kier molecular flexibility index (Phi) is 13.9. The van der Waals surface area contributed by atoms with E-state index < -0.39 is 42.5 Å². The molecule has 5 atom stereocenters. The summed E-state index contributed by atoms with van der Waals surface area (Å²) < 4.78 is 44.9. The van der Waals surface area contributed by atoms with Gasteiger partial charge in [-0.3, -0.25) is 0 Å². The first-order valence-corrected chi connectivity index (χ1v) is 19.3. The molecule has 0 aliphatic carbocycles. The first-order chi connectivity index (χ1) is 28.5. The number of aromatic amines is 1. The monoisotopic (exact) mass is 781 g/mol. The summed E-state index contributed by atoms with van der Waals surface area (Å²) in [5, 5.41) is 0. The fourth-order valence-electron chi connectivity index (χ4n) is 7.24. The molecule has 7 rings (SSSR count). The highest BCUT2D eigenvalue weighted by molar-refractivity contribution is 6.02. The third-order valence-corrected chi connectivity index (χ3v) is 10.0. The van der Waals surface area contributed by atoms with Crippen molar-refractivity contribution in [3.8, 4) is 11.1 Å². The van der Waals surface area contributed by atoms with E-state index in [9.17, 15) is 9.59 Å². The predicted molar refractivity (Wildman–Crippen MR) is 218 cm³/mol. The van der Waals surface area contributed by atoms with E-state index in [0.717, 1.165) is 22.3 Å². The van der Waals surface area contributed by atoms with Gasteiger partial charge >= 0.3 is 11.9 Å². The largest absolute Gasteiger partial charge is 0.464 e. The van der Waals surface area contributed by atoms with Gasteiger partial charge in [-0.25, -0.2) is 9.59 Å². The smallest absolute Gasteiger partial charge is 0.355 e. The molecule has 6 aromatic rings. The fourth-order valence-corrected chi connectivity index (χ4v) is 7.24. The normalized spacial score (nSPS) is 19.0. The molecule has 298 valence electrons. The van der Waals surface area contributed by atoms with Crippen LogP contribution in [-0.2, 0) is 59.6 Å². The quantitative estimate of drug-likeness (QED) is 0.0909. The third-order valence-electron chi connectivity index (χ3n) is 10.0. The van der Waals surface area contributed by atoms with Crippen molar-refractivity contribution in [3.05, 3.63) is 191 Å². The van der Waals surface area contributed by atoms with Crippen LogP contribution in [0.3, 0.4) is 0 Å². The van der Waals surface area contributed by atoms with Gasteiger partial charge in [-0.2, -0.15) is 0 Å². The Bertz CT molecular complexity index is 2180. The van der Waals surface area contributed by atoms with Gasteiger partial charge in [0.1, 0.15) is 41.9 Å². The molecule has 0 saturated carbocycles. The van der Waals surface area contributed by atoms with Crippen LogP contribution in [0.4, 0.5) is 0 Å². The van der Waals surface area contributed by atoms with Crippen molar-refractivity contribution in [1.29, 1.82) is 0 Å². The number of carbonyl (C=O) groups is 2. The topological polar surface area (TPSA) is 115 Å². The molecule has 0 unspecified atom stereocenters. The van der Waals surface area contributed by atoms with Gasteiger partial charge in [0.15, 0.2) is 0 Å². The van der Waals surface area contributed by atoms with Crippen LogP contribution in [0.1, 0.15) is 54.9 Å². The van der Waals surface area contributed by atoms with Gasteiger partial charge in [0, 0.05) is 11.1 Å². The number of aromatic nitrogens is 1. The zero-order valence-corrected chi connectivity index (χ0v) is 32.5. The summed E-state index contributed by atoms with van der Waals surface area (Å²) in [4.78, 5) is 30.4. The first-order valence-electron chi connectivity index (χ1n) is 19.3. The second kappa shape index (κ2) is 20.0. The molecule has 0 bridgehead atoms. The van der Waals surface area contributed by atoms with E-state index >= 15 is 0 Å². The molecule has 2 heterocycles. The maximum atomic E-state index is 13.8. The number of esters is 2. The molecule has 10 heteroatoms. The van der Waals surface area contributed by atoms with Crippen LogP contribution in [-0.4, -0.2) is 62.2 Å². The summed E-state index contributed by atoms with van der Waals surface area (Å²) >= 11 is 0. The van der Waals surface area contributed by atoms with Crippen LogP contribution in [0.5, 0.6) is 0 Å². The number of benzene rings is 5. The summed E-state index contributed by atoms with van der Waals surface area (Å²) in [7, 11) is 2.58. The van der Waals surface area contributed by atoms with Crippen molar-refractivity contribution in [3.63, 3.8) is 0 Å². The molecule has 10 nitrogen and oxygen atoms in total. The SMILES string of the molecule is COC(=O)c1[nH]c(C(=O)OC)c([C@H]2O[C@H](COCc3ccccc3)[C@H](OCc3ccccc3)[C@H](OCc3ccccc3)[C@H]2OCc2ccccc2)c1-c1ccccc1. The standard InChI is InChI=1S/C48H47NO9/c1-52-47(50)41-39(37-26-16-7-17-27-37)40(42(49-41)48(51)53-2)44-46(57-31-36-24-14-6-15-25-36)45(56-30-35-22-12-5-13-23-35)43(55-29-34-20-10-4-11-21-34)38(58-44)32-54-28-33-18-8-3-9-19-33/h3-27,38,43-46,49H,28-32H2,1-2H3/t38-,43+,44-,45+,46+/m1/s1. The Labute approximate surface area is 338 Å². The number of ether oxygens (including phenoxy) is 7. The number of rotatable bonds is 17. The highest BCUT2D eigenvalue weighted by Gasteiger charge is 2.51. The Morgan fingerprint density at radius 3 is 1.41 bits per heavy atom. The number of methoxy groups -OCH3 is 2. The number of carbonyl (C=O) groups excluding carboxylic acids is 2. The molecule has 1 fully saturated rings. The van der Waals surface area contributed by atoms with Gasteiger partial charge in [0.25, 0.3) is 0 Å². The molecule has 1 aliphatic heterocycles. The van der Waals surface area contributed by atoms with Crippen LogP contribution < -0.4 is 0 Å². The maximum absolute atomic E-state index is 13.8. The number of hydrogen-bond acceptors (Lipinski definition) is 9. The summed E-state index contributed by atoms with van der Waals surface area (Å²) in [6.07, 6.45) is -4.19. The number of nitrogens with one attached hydrogen (secondary N) is 1. The van der Waals surface area contributed by atoms with Gasteiger partial charge in [-0.15, -0.1) is 0 Å². The van der Waals surface area contributed by atoms with Crippen molar-refractivity contribution in [1.82, 2.24) is 4.98 Å². The molecule has 0 radical (unpaired) electrons. The lowest BCUT2D eigenvalue weighted by atomic mass is 9.86. The van der Waals surface area contributed by atoms with E-state index in [0.29, 0.717) is 23.3 Å². The minimum Gasteiger partial charge on any atom is -0.464 e. The Hall–Kier alpha value is -5.88. The first kappa shape index (κ1) is 40.3. The van der Waals surface area contributed by atoms with E-state index in [1.165, 1.54) is 14.2 Å². The second-order valence-electron chi connectivity index (χ2n) is 13.9. The van der Waals surface area contributed by atoms with Crippen LogP contribution in [0.2, 0.25) is 0 Å². The van der Waals surface area contributed by atoms with Crippen molar-refractivity contribution >= 4 is 11.9 Å². The highest BCUT2D eigenvalue weighted by atomic mass is 16.6. The predicted octanol–water partition coefficient (Wildman–Crippen LogP) is 8.67. The van der Waals surface area contributed by atoms with Gasteiger partial charge in [-0.1, -0.05) is 152 Å². The zero-order chi connectivity index (χ0) is 40.1. The average molecular weight is 782 g/mol. The van der Waals surface area contributed by atoms with E-state index in [-0.39, 0.29) is 37.8 Å². The van der Waals surface area contributed by atoms with Crippen LogP contribution in [0.25, 0.3) is 11.1 Å². The molecule has 1 aliphatic rings. The molecule has 5 aromatic carbocycles. The van der Waals surface area contributed by atoms with Crippen molar-refractivity contribution < 1.29 is 42.7 Å². The minimum absolute atomic E-state index is 0.0227. The lowest BCUT2D eigenvalue weighted by Gasteiger charge is -2.46. The van der Waals surface area contributed by atoms with Crippen LogP contribution >= 0.6 is 0 Å². The Morgan fingerprint density at radius 2 is 0.931 bits per heavy atom.